The second-order valence-electron chi connectivity index (χ2n) is 8.89. The molecule has 2 nitrogen and oxygen atoms in total. The zero-order valence-corrected chi connectivity index (χ0v) is 18.2. The lowest BCUT2D eigenvalue weighted by molar-refractivity contribution is 0.663. The number of para-hydroxylation sites is 2. The van der Waals surface area contributed by atoms with Crippen LogP contribution in [0.2, 0.25) is 0 Å². The van der Waals surface area contributed by atoms with E-state index in [2.05, 4.69) is 84.9 Å². The number of rotatable bonds is 1. The Balaban J connectivity index is 1.58. The molecule has 0 radical (unpaired) electrons. The Morgan fingerprint density at radius 1 is 0.412 bits per heavy atom. The van der Waals surface area contributed by atoms with Crippen LogP contribution in [0.5, 0.6) is 0 Å². The maximum absolute atomic E-state index is 6.62. The Morgan fingerprint density at radius 2 is 1.00 bits per heavy atom. The summed E-state index contributed by atoms with van der Waals surface area (Å²) in [7, 11) is 0. The topological polar surface area (TPSA) is 26.3 Å². The van der Waals surface area contributed by atoms with Crippen molar-refractivity contribution in [1.29, 1.82) is 0 Å². The monoisotopic (exact) mass is 434 g/mol. The van der Waals surface area contributed by atoms with Crippen LogP contribution in [0.3, 0.4) is 0 Å². The molecule has 0 aliphatic carbocycles. The molecule has 0 aliphatic heterocycles. The third-order valence-electron chi connectivity index (χ3n) is 7.04. The smallest absolute Gasteiger partial charge is 0.143 e. The fraction of sp³-hybridized carbons (Fsp3) is 0. The van der Waals surface area contributed by atoms with E-state index in [1.807, 2.05) is 24.3 Å². The molecule has 34 heavy (non-hydrogen) atoms. The van der Waals surface area contributed by atoms with Gasteiger partial charge in [0.2, 0.25) is 0 Å². The van der Waals surface area contributed by atoms with Crippen LogP contribution in [0, 0.1) is 0 Å². The lowest BCUT2D eigenvalue weighted by Crippen LogP contribution is -1.86. The third kappa shape index (κ3) is 2.29. The SMILES string of the molecule is c1ccc2c(-c3cccc4c3oc3ccc5oc6ccccc6c5c34)c3ccccc3cc2c1. The van der Waals surface area contributed by atoms with Crippen LogP contribution >= 0.6 is 0 Å². The van der Waals surface area contributed by atoms with Crippen molar-refractivity contribution in [3.8, 4) is 11.1 Å². The second-order valence-corrected chi connectivity index (χ2v) is 8.89. The van der Waals surface area contributed by atoms with Crippen LogP contribution in [0.4, 0.5) is 0 Å². The summed E-state index contributed by atoms with van der Waals surface area (Å²) in [5.41, 5.74) is 5.91. The van der Waals surface area contributed by atoms with Crippen LogP contribution in [0.15, 0.2) is 118 Å². The maximum atomic E-state index is 6.62. The molecule has 0 fully saturated rings. The summed E-state index contributed by atoms with van der Waals surface area (Å²) in [5.74, 6) is 0. The first-order chi connectivity index (χ1) is 16.9. The first-order valence-corrected chi connectivity index (χ1v) is 11.5. The molecule has 2 heterocycles. The van der Waals surface area contributed by atoms with Gasteiger partial charge >= 0.3 is 0 Å². The van der Waals surface area contributed by atoms with Gasteiger partial charge < -0.3 is 8.83 Å². The highest BCUT2D eigenvalue weighted by atomic mass is 16.3. The van der Waals surface area contributed by atoms with Crippen LogP contribution in [-0.4, -0.2) is 0 Å². The highest BCUT2D eigenvalue weighted by molar-refractivity contribution is 6.28. The van der Waals surface area contributed by atoms with Gasteiger partial charge in [-0.3, -0.25) is 0 Å². The highest BCUT2D eigenvalue weighted by Gasteiger charge is 2.20. The fourth-order valence-corrected chi connectivity index (χ4v) is 5.60. The molecule has 0 unspecified atom stereocenters. The van der Waals surface area contributed by atoms with Gasteiger partial charge in [-0.05, 0) is 45.8 Å². The molecule has 2 aromatic heterocycles. The minimum absolute atomic E-state index is 0.881. The van der Waals surface area contributed by atoms with Crippen molar-refractivity contribution >= 4 is 65.4 Å². The summed E-state index contributed by atoms with van der Waals surface area (Å²) in [4.78, 5) is 0. The first-order valence-electron chi connectivity index (χ1n) is 11.5. The molecule has 0 aliphatic rings. The number of hydrogen-bond donors (Lipinski definition) is 0. The number of benzene rings is 6. The largest absolute Gasteiger partial charge is 0.456 e. The van der Waals surface area contributed by atoms with Crippen molar-refractivity contribution in [2.24, 2.45) is 0 Å². The fourth-order valence-electron chi connectivity index (χ4n) is 5.60. The van der Waals surface area contributed by atoms with Crippen molar-refractivity contribution in [2.75, 3.05) is 0 Å². The number of fused-ring (bicyclic) bond motifs is 9. The van der Waals surface area contributed by atoms with Crippen molar-refractivity contribution in [2.45, 2.75) is 0 Å². The lowest BCUT2D eigenvalue weighted by Gasteiger charge is -2.12. The average molecular weight is 434 g/mol. The maximum Gasteiger partial charge on any atom is 0.143 e. The lowest BCUT2D eigenvalue weighted by atomic mass is 9.91. The summed E-state index contributed by atoms with van der Waals surface area (Å²) in [6.45, 7) is 0. The summed E-state index contributed by atoms with van der Waals surface area (Å²) >= 11 is 0. The third-order valence-corrected chi connectivity index (χ3v) is 7.04. The van der Waals surface area contributed by atoms with E-state index in [4.69, 9.17) is 8.83 Å². The van der Waals surface area contributed by atoms with Crippen molar-refractivity contribution in [3.05, 3.63) is 109 Å². The van der Waals surface area contributed by atoms with Gasteiger partial charge in [-0.2, -0.15) is 0 Å². The molecule has 0 atom stereocenters. The van der Waals surface area contributed by atoms with Crippen LogP contribution < -0.4 is 0 Å². The van der Waals surface area contributed by atoms with Gasteiger partial charge in [0, 0.05) is 32.7 Å². The van der Waals surface area contributed by atoms with E-state index >= 15 is 0 Å². The molecule has 0 N–H and O–H groups in total. The molecule has 0 saturated carbocycles. The minimum atomic E-state index is 0.881. The predicted molar refractivity (Wildman–Crippen MR) is 141 cm³/mol. The first kappa shape index (κ1) is 17.9. The Kier molecular flexibility index (Phi) is 3.42. The van der Waals surface area contributed by atoms with Gasteiger partial charge in [0.25, 0.3) is 0 Å². The van der Waals surface area contributed by atoms with Crippen LogP contribution in [-0.2, 0) is 0 Å². The molecular formula is C32H18O2. The molecule has 158 valence electrons. The molecule has 0 saturated heterocycles. The molecule has 0 bridgehead atoms. The molecule has 0 amide bonds. The quantitative estimate of drug-likeness (QED) is 0.240. The standard InChI is InChI=1S/C32H18O2/c1-3-10-21-19(8-1)18-20-9-2-4-11-22(20)29(21)24-13-7-14-25-31-28(34-32(24)25)17-16-27-30(31)23-12-5-6-15-26(23)33-27/h1-18H. The van der Waals surface area contributed by atoms with Crippen LogP contribution in [0.25, 0.3) is 76.5 Å². The van der Waals surface area contributed by atoms with E-state index in [0.717, 1.165) is 49.4 Å². The predicted octanol–water partition coefficient (Wildman–Crippen LogP) is 9.46. The molecule has 0 spiro atoms. The molecule has 8 aromatic rings. The van der Waals surface area contributed by atoms with Crippen LogP contribution in [0.1, 0.15) is 0 Å². The average Bonchev–Trinajstić information content (AvgIpc) is 3.45. The van der Waals surface area contributed by atoms with E-state index < -0.39 is 0 Å². The normalized spacial score (nSPS) is 12.1. The Hall–Kier alpha value is -4.56. The summed E-state index contributed by atoms with van der Waals surface area (Å²) in [6.07, 6.45) is 0. The summed E-state index contributed by atoms with van der Waals surface area (Å²) < 4.78 is 12.8. The van der Waals surface area contributed by atoms with Gasteiger partial charge in [-0.1, -0.05) is 84.9 Å². The summed E-state index contributed by atoms with van der Waals surface area (Å²) in [6, 6.07) is 38.3. The second kappa shape index (κ2) is 6.49. The van der Waals surface area contributed by atoms with Gasteiger partial charge in [0.05, 0.1) is 0 Å². The van der Waals surface area contributed by atoms with E-state index in [1.54, 1.807) is 0 Å². The van der Waals surface area contributed by atoms with Crippen molar-refractivity contribution < 1.29 is 8.83 Å². The Morgan fingerprint density at radius 3 is 1.76 bits per heavy atom. The molecule has 6 aromatic carbocycles. The Labute approximate surface area is 194 Å². The Bertz CT molecular complexity index is 2020. The molecule has 2 heteroatoms. The zero-order chi connectivity index (χ0) is 22.2. The summed E-state index contributed by atoms with van der Waals surface area (Å²) in [5, 5.41) is 9.38. The zero-order valence-electron chi connectivity index (χ0n) is 18.2. The van der Waals surface area contributed by atoms with Crippen molar-refractivity contribution in [1.82, 2.24) is 0 Å². The van der Waals surface area contributed by atoms with E-state index in [9.17, 15) is 0 Å². The van der Waals surface area contributed by atoms with E-state index in [0.29, 0.717) is 0 Å². The van der Waals surface area contributed by atoms with E-state index in [-0.39, 0.29) is 0 Å². The highest BCUT2D eigenvalue weighted by Crippen LogP contribution is 2.45. The molecular weight excluding hydrogens is 416 g/mol. The van der Waals surface area contributed by atoms with Gasteiger partial charge in [0.1, 0.15) is 22.3 Å². The number of hydrogen-bond acceptors (Lipinski definition) is 2. The van der Waals surface area contributed by atoms with Crippen molar-refractivity contribution in [3.63, 3.8) is 0 Å². The van der Waals surface area contributed by atoms with Gasteiger partial charge in [-0.25, -0.2) is 0 Å². The van der Waals surface area contributed by atoms with Gasteiger partial charge in [-0.15, -0.1) is 0 Å². The minimum Gasteiger partial charge on any atom is -0.456 e. The number of furan rings is 2. The van der Waals surface area contributed by atoms with Gasteiger partial charge in [0.15, 0.2) is 0 Å². The molecule has 8 rings (SSSR count). The van der Waals surface area contributed by atoms with E-state index in [1.165, 1.54) is 27.1 Å².